The van der Waals surface area contributed by atoms with Crippen molar-refractivity contribution in [3.63, 3.8) is 0 Å². The van der Waals surface area contributed by atoms with E-state index in [1.165, 1.54) is 51.9 Å². The van der Waals surface area contributed by atoms with Crippen LogP contribution < -0.4 is 54.3 Å². The Hall–Kier alpha value is -8.11. The summed E-state index contributed by atoms with van der Waals surface area (Å²) in [6.45, 7) is 9.30. The van der Waals surface area contributed by atoms with Gasteiger partial charge in [0.2, 0.25) is 0 Å². The van der Waals surface area contributed by atoms with E-state index in [0.717, 1.165) is 26.2 Å². The zero-order chi connectivity index (χ0) is 88.9. The van der Waals surface area contributed by atoms with E-state index >= 15 is 70.2 Å². The summed E-state index contributed by atoms with van der Waals surface area (Å²) < 4.78 is 588. The third kappa shape index (κ3) is 19.4. The minimum absolute atomic E-state index is 0. The number of hydrogen-bond acceptors (Lipinski definition) is 6. The Labute approximate surface area is 660 Å². The molecule has 0 aliphatic rings. The van der Waals surface area contributed by atoms with Crippen LogP contribution in [0.15, 0.2) is 0 Å². The standard InChI is InChI=1S/2C24BF20.2C10H25N3.2Cu/c2*26-5-1(6(27)14(35)21(42)13(5)34)25(2-7(28)15(36)22(43)16(37)8(2)29,3-9(30)17(38)23(44)18(39)10(3)31)4-11(32)19(40)24(45)20(41)12(4)33;2*1-12(2)9-5-7-11-8-6-10-13(3)4;;/h;;2*11H,5-10H2,1-4H3;;/q2*-1;;;2*+1. The van der Waals surface area contributed by atoms with Gasteiger partial charge < -0.3 is 30.2 Å². The van der Waals surface area contributed by atoms with Crippen LogP contribution >= 0.6 is 0 Å². The SMILES string of the molecule is CN(C)CCCNCCCN(C)C.CN(C)CCCNCCCN(C)C.Fc1c(F)c(F)c([B-](c2c(F)c(F)c(F)c(F)c2F)(c2c(F)c(F)c(F)c(F)c2F)c2c(F)c(F)c(F)c(F)c2F)c(F)c1F.Fc1c(F)c(F)c([B-](c2c(F)c(F)c(F)c(F)c2F)(c2c(F)c(F)c(F)c(F)c2F)c2c(F)c(F)c(F)c(F)c2F)c(F)c1F.[Cu+].[Cu+]. The molecular weight excluding hydrogens is 1810 g/mol. The van der Waals surface area contributed by atoms with Crippen LogP contribution in [0.5, 0.6) is 0 Å². The first-order chi connectivity index (χ1) is 53.7. The van der Waals surface area contributed by atoms with Crippen molar-refractivity contribution in [2.24, 2.45) is 0 Å². The van der Waals surface area contributed by atoms with Crippen molar-refractivity contribution in [1.82, 2.24) is 30.2 Å². The fourth-order valence-electron chi connectivity index (χ4n) is 12.1. The summed E-state index contributed by atoms with van der Waals surface area (Å²) in [5, 5.41) is 6.89. The maximum absolute atomic E-state index is 15.4. The summed E-state index contributed by atoms with van der Waals surface area (Å²) >= 11 is 0. The fourth-order valence-corrected chi connectivity index (χ4v) is 12.1. The number of nitrogens with zero attached hydrogens (tertiary/aromatic N) is 4. The first kappa shape index (κ1) is 104. The van der Waals surface area contributed by atoms with Gasteiger partial charge in [-0.05, 0) is 134 Å². The van der Waals surface area contributed by atoms with Crippen LogP contribution in [0.25, 0.3) is 0 Å². The van der Waals surface area contributed by atoms with Crippen LogP contribution in [0.1, 0.15) is 25.7 Å². The van der Waals surface area contributed by atoms with Crippen LogP contribution in [0.4, 0.5) is 176 Å². The molecule has 0 saturated heterocycles. The van der Waals surface area contributed by atoms with Gasteiger partial charge in [0.1, 0.15) is 105 Å². The monoisotopic (exact) mass is 1860 g/mol. The first-order valence-electron chi connectivity index (χ1n) is 32.1. The predicted octanol–water partition coefficient (Wildman–Crippen LogP) is 12.6. The molecular formula is C68H50B2Cu2F40N6. The Morgan fingerprint density at radius 1 is 0.153 bits per heavy atom. The van der Waals surface area contributed by atoms with Crippen LogP contribution in [0.2, 0.25) is 0 Å². The Kier molecular flexibility index (Phi) is 37.0. The number of rotatable bonds is 24. The van der Waals surface area contributed by atoms with E-state index < -0.39 is 289 Å². The van der Waals surface area contributed by atoms with Gasteiger partial charge in [-0.25, -0.2) is 176 Å². The Balaban J connectivity index is 0.000000463. The normalized spacial score (nSPS) is 11.7. The molecule has 0 radical (unpaired) electrons. The number of nitrogens with one attached hydrogen (secondary N) is 2. The topological polar surface area (TPSA) is 37.0 Å². The second-order valence-corrected chi connectivity index (χ2v) is 25.7. The maximum Gasteiger partial charge on any atom is 1.00 e. The zero-order valence-electron chi connectivity index (χ0n) is 60.2. The summed E-state index contributed by atoms with van der Waals surface area (Å²) in [4.78, 5) is 8.89. The van der Waals surface area contributed by atoms with Crippen molar-refractivity contribution in [2.75, 3.05) is 109 Å². The molecule has 8 aromatic carbocycles. The minimum Gasteiger partial charge on any atom is -0.317 e. The molecule has 660 valence electrons. The smallest absolute Gasteiger partial charge is 0.317 e. The van der Waals surface area contributed by atoms with Crippen LogP contribution in [0, 0.1) is 233 Å². The molecule has 0 spiro atoms. The van der Waals surface area contributed by atoms with Crippen molar-refractivity contribution in [1.29, 1.82) is 0 Å². The van der Waals surface area contributed by atoms with Crippen LogP contribution in [0.3, 0.4) is 0 Å². The Morgan fingerprint density at radius 2 is 0.229 bits per heavy atom. The van der Waals surface area contributed by atoms with Gasteiger partial charge in [0.25, 0.3) is 0 Å². The summed E-state index contributed by atoms with van der Waals surface area (Å²) in [7, 11) is 16.9. The summed E-state index contributed by atoms with van der Waals surface area (Å²) in [5.74, 6) is -143. The molecule has 0 aliphatic heterocycles. The Morgan fingerprint density at radius 3 is 0.305 bits per heavy atom. The molecule has 2 N–H and O–H groups in total. The summed E-state index contributed by atoms with van der Waals surface area (Å²) in [6.07, 6.45) is -9.45. The molecule has 0 amide bonds. The molecule has 0 atom stereocenters. The molecule has 0 aliphatic carbocycles. The molecule has 0 fully saturated rings. The molecule has 0 aromatic heterocycles. The van der Waals surface area contributed by atoms with E-state index in [2.05, 4.69) is 86.6 Å². The third-order valence-corrected chi connectivity index (χ3v) is 17.2. The molecule has 118 heavy (non-hydrogen) atoms. The van der Waals surface area contributed by atoms with Gasteiger partial charge >= 0.3 is 34.1 Å². The van der Waals surface area contributed by atoms with Gasteiger partial charge in [0, 0.05) is 0 Å². The van der Waals surface area contributed by atoms with Crippen molar-refractivity contribution in [3.8, 4) is 0 Å². The largest absolute Gasteiger partial charge is 1.00 e. The fraction of sp³-hybridized carbons (Fsp3) is 0.294. The van der Waals surface area contributed by atoms with E-state index in [0.29, 0.717) is 0 Å². The molecule has 0 heterocycles. The van der Waals surface area contributed by atoms with Crippen molar-refractivity contribution in [3.05, 3.63) is 233 Å². The van der Waals surface area contributed by atoms with Gasteiger partial charge in [0.15, 0.2) is 140 Å². The van der Waals surface area contributed by atoms with Crippen molar-refractivity contribution in [2.45, 2.75) is 25.7 Å². The first-order valence-corrected chi connectivity index (χ1v) is 32.1. The van der Waals surface area contributed by atoms with E-state index in [9.17, 15) is 105 Å². The van der Waals surface area contributed by atoms with Gasteiger partial charge in [-0.1, -0.05) is 0 Å². The summed E-state index contributed by atoms with van der Waals surface area (Å²) in [6, 6.07) is 0. The van der Waals surface area contributed by atoms with Crippen molar-refractivity contribution < 1.29 is 210 Å². The maximum atomic E-state index is 15.4. The second kappa shape index (κ2) is 41.9. The minimum atomic E-state index is -7.22. The average Bonchev–Trinajstić information content (AvgIpc) is 0.686. The van der Waals surface area contributed by atoms with Crippen LogP contribution in [-0.2, 0) is 34.1 Å². The molecule has 6 nitrogen and oxygen atoms in total. The molecule has 8 aromatic rings. The molecule has 50 heteroatoms. The molecule has 0 bridgehead atoms. The number of hydrogen-bond donors (Lipinski definition) is 2. The summed E-state index contributed by atoms with van der Waals surface area (Å²) in [5.41, 5.74) is -28.7. The van der Waals surface area contributed by atoms with E-state index in [-0.39, 0.29) is 34.1 Å². The number of halogens is 40. The number of benzene rings is 8. The molecule has 8 rings (SSSR count). The Bertz CT molecular complexity index is 3930. The molecule has 0 saturated carbocycles. The van der Waals surface area contributed by atoms with E-state index in [4.69, 9.17) is 0 Å². The van der Waals surface area contributed by atoms with E-state index in [1.807, 2.05) is 0 Å². The third-order valence-electron chi connectivity index (χ3n) is 17.2. The van der Waals surface area contributed by atoms with E-state index in [1.54, 1.807) is 0 Å². The van der Waals surface area contributed by atoms with Gasteiger partial charge in [-0.2, -0.15) is 0 Å². The van der Waals surface area contributed by atoms with Crippen molar-refractivity contribution >= 4 is 56.0 Å². The quantitative estimate of drug-likeness (QED) is 0.0206. The van der Waals surface area contributed by atoms with Crippen LogP contribution in [-0.4, -0.2) is 141 Å². The second-order valence-electron chi connectivity index (χ2n) is 25.7. The van der Waals surface area contributed by atoms with Gasteiger partial charge in [-0.3, -0.25) is 0 Å². The zero-order valence-corrected chi connectivity index (χ0v) is 62.0. The van der Waals surface area contributed by atoms with Gasteiger partial charge in [-0.15, -0.1) is 43.7 Å². The predicted molar refractivity (Wildman–Crippen MR) is 337 cm³/mol. The van der Waals surface area contributed by atoms with Gasteiger partial charge in [0.05, 0.1) is 0 Å². The average molecular weight is 1860 g/mol. The molecule has 0 unspecified atom stereocenters.